The van der Waals surface area contributed by atoms with Crippen molar-refractivity contribution in [2.45, 2.75) is 52.4 Å². The van der Waals surface area contributed by atoms with Crippen molar-refractivity contribution in [2.75, 3.05) is 171 Å². The fraction of sp³-hybridized carbons (Fsp3) is 0.723. The van der Waals surface area contributed by atoms with Gasteiger partial charge >= 0.3 is 0 Å². The van der Waals surface area contributed by atoms with Crippen LogP contribution in [0.4, 0.5) is 0 Å². The number of hydrogen-bond donors (Lipinski definition) is 4. The third-order valence-corrected chi connectivity index (χ3v) is 9.61. The number of imide groups is 1. The quantitative estimate of drug-likeness (QED) is 0.0354. The standard InChI is InChI=1S/C47H80N8O16/c1-3-14-55(71-4-2)47(60)39-35-40(41(37-48)53-42(49)36-39)50-11-6-5-7-12-51-43(56)10-15-61-17-19-63-21-23-65-25-27-67-29-31-69-33-34-70-32-30-68-28-26-66-24-22-64-20-18-62-16-13-52-44(57)38-54-45(58)8-9-46(54)59/h8-9,35,37H,3-7,10-34,36,38,48H2,1-2H3,(H2,49,53)(H,51,56)(H,52,57)/b41-37+,50-40?. The Kier molecular flexibility index (Phi) is 37.7. The van der Waals surface area contributed by atoms with Crippen LogP contribution >= 0.6 is 0 Å². The van der Waals surface area contributed by atoms with Crippen molar-refractivity contribution in [1.29, 1.82) is 0 Å². The zero-order chi connectivity index (χ0) is 51.4. The summed E-state index contributed by atoms with van der Waals surface area (Å²) in [6.45, 7) is 13.8. The molecule has 0 aliphatic carbocycles. The molecule has 0 spiro atoms. The SMILES string of the molecule is CCCN(OCC)C(=O)C1=CC(=NCCCCCNC(=O)CCOCCOCCOCCOCCOCCOCCOCCOCCOCCOCCNC(=O)CN2C(=O)C=CC2=O)/C(=C\N)N=C(N)C1. The van der Waals surface area contributed by atoms with Gasteiger partial charge in [-0.1, -0.05) is 6.92 Å². The van der Waals surface area contributed by atoms with Crippen molar-refractivity contribution in [3.63, 3.8) is 0 Å². The Morgan fingerprint density at radius 2 is 1.13 bits per heavy atom. The highest BCUT2D eigenvalue weighted by Crippen LogP contribution is 2.17. The predicted molar refractivity (Wildman–Crippen MR) is 261 cm³/mol. The maximum Gasteiger partial charge on any atom is 0.273 e. The van der Waals surface area contributed by atoms with Crippen LogP contribution in [-0.4, -0.2) is 223 Å². The molecule has 2 aliphatic heterocycles. The van der Waals surface area contributed by atoms with E-state index in [4.69, 9.17) is 63.7 Å². The van der Waals surface area contributed by atoms with E-state index in [9.17, 15) is 24.0 Å². The van der Waals surface area contributed by atoms with Crippen LogP contribution in [0.3, 0.4) is 0 Å². The van der Waals surface area contributed by atoms with Gasteiger partial charge in [-0.3, -0.25) is 38.7 Å². The molecule has 0 fully saturated rings. The number of aliphatic imine (C=N–C) groups is 2. The van der Waals surface area contributed by atoms with Crippen LogP contribution in [0.5, 0.6) is 0 Å². The molecule has 0 saturated carbocycles. The zero-order valence-corrected chi connectivity index (χ0v) is 41.9. The number of amidine groups is 1. The van der Waals surface area contributed by atoms with Gasteiger partial charge in [0.05, 0.1) is 144 Å². The smallest absolute Gasteiger partial charge is 0.273 e. The normalized spacial score (nSPS) is 14.9. The van der Waals surface area contributed by atoms with Gasteiger partial charge in [0, 0.05) is 62.9 Å². The number of nitrogens with one attached hydrogen (secondary N) is 2. The van der Waals surface area contributed by atoms with E-state index in [1.165, 1.54) is 11.3 Å². The molecule has 0 aromatic carbocycles. The molecule has 0 bridgehead atoms. The van der Waals surface area contributed by atoms with Crippen LogP contribution in [0.25, 0.3) is 0 Å². The first-order valence-electron chi connectivity index (χ1n) is 24.5. The lowest BCUT2D eigenvalue weighted by molar-refractivity contribution is -0.180. The van der Waals surface area contributed by atoms with Gasteiger partial charge in [0.1, 0.15) is 18.1 Å². The summed E-state index contributed by atoms with van der Waals surface area (Å²) in [5.41, 5.74) is 13.2. The van der Waals surface area contributed by atoms with Gasteiger partial charge in [0.2, 0.25) is 11.8 Å². The molecule has 6 N–H and O–H groups in total. The van der Waals surface area contributed by atoms with Crippen LogP contribution in [0.2, 0.25) is 0 Å². The second kappa shape index (κ2) is 42.9. The topological polar surface area (TPSA) is 294 Å². The van der Waals surface area contributed by atoms with Crippen molar-refractivity contribution in [3.8, 4) is 0 Å². The number of carbonyl (C=O) groups excluding carboxylic acids is 5. The number of ether oxygens (including phenoxy) is 10. The van der Waals surface area contributed by atoms with Gasteiger partial charge in [-0.2, -0.15) is 0 Å². The molecule has 24 nitrogen and oxygen atoms in total. The molecule has 0 saturated heterocycles. The fourth-order valence-electron chi connectivity index (χ4n) is 6.09. The van der Waals surface area contributed by atoms with E-state index >= 15 is 0 Å². The van der Waals surface area contributed by atoms with Gasteiger partial charge in [-0.25, -0.2) is 10.1 Å². The third kappa shape index (κ3) is 32.1. The number of nitrogens with zero attached hydrogens (tertiary/aromatic N) is 4. The van der Waals surface area contributed by atoms with E-state index in [2.05, 4.69) is 20.6 Å². The van der Waals surface area contributed by atoms with E-state index in [0.717, 1.165) is 42.7 Å². The van der Waals surface area contributed by atoms with Crippen LogP contribution in [0.15, 0.2) is 45.7 Å². The van der Waals surface area contributed by atoms with Crippen LogP contribution in [-0.2, 0) is 76.2 Å². The Morgan fingerprint density at radius 3 is 1.59 bits per heavy atom. The Bertz CT molecular complexity index is 1640. The second-order valence-electron chi connectivity index (χ2n) is 15.3. The summed E-state index contributed by atoms with van der Waals surface area (Å²) in [4.78, 5) is 75.5. The predicted octanol–water partition coefficient (Wildman–Crippen LogP) is -0.0113. The molecule has 71 heavy (non-hydrogen) atoms. The van der Waals surface area contributed by atoms with E-state index in [1.54, 1.807) is 6.08 Å². The average molecular weight is 1010 g/mol. The lowest BCUT2D eigenvalue weighted by Gasteiger charge is -2.21. The monoisotopic (exact) mass is 1010 g/mol. The maximum absolute atomic E-state index is 13.1. The average Bonchev–Trinajstić information content (AvgIpc) is 3.57. The third-order valence-electron chi connectivity index (χ3n) is 9.61. The largest absolute Gasteiger partial charge is 0.403 e. The summed E-state index contributed by atoms with van der Waals surface area (Å²) in [5, 5.41) is 6.85. The Hall–Kier alpha value is -4.73. The molecule has 2 aliphatic rings. The first-order chi connectivity index (χ1) is 34.7. The van der Waals surface area contributed by atoms with Crippen molar-refractivity contribution >= 4 is 41.1 Å². The number of allylic oxidation sites excluding steroid dienone is 1. The Balaban J connectivity index is 1.26. The summed E-state index contributed by atoms with van der Waals surface area (Å²) in [7, 11) is 0. The molecular formula is C47H80N8O16. The fourth-order valence-corrected chi connectivity index (χ4v) is 6.09. The number of unbranched alkanes of at least 4 members (excludes halogenated alkanes) is 2. The van der Waals surface area contributed by atoms with Crippen molar-refractivity contribution in [1.82, 2.24) is 20.6 Å². The molecule has 0 radical (unpaired) electrons. The number of hydrogen-bond acceptors (Lipinski definition) is 20. The van der Waals surface area contributed by atoms with Crippen molar-refractivity contribution in [3.05, 3.63) is 35.7 Å². The first kappa shape index (κ1) is 62.4. The van der Waals surface area contributed by atoms with E-state index < -0.39 is 17.7 Å². The minimum Gasteiger partial charge on any atom is -0.403 e. The van der Waals surface area contributed by atoms with Gasteiger partial charge in [0.25, 0.3) is 17.7 Å². The number of nitrogens with two attached hydrogens (primary N) is 2. The zero-order valence-electron chi connectivity index (χ0n) is 41.9. The van der Waals surface area contributed by atoms with Crippen LogP contribution in [0, 0.1) is 0 Å². The lowest BCUT2D eigenvalue weighted by atomic mass is 10.1. The molecule has 404 valence electrons. The lowest BCUT2D eigenvalue weighted by Crippen LogP contribution is -2.41. The molecule has 2 rings (SSSR count). The number of carbonyl (C=O) groups is 5. The second-order valence-corrected chi connectivity index (χ2v) is 15.3. The highest BCUT2D eigenvalue weighted by atomic mass is 16.7. The highest BCUT2D eigenvalue weighted by Gasteiger charge is 2.26. The van der Waals surface area contributed by atoms with Gasteiger partial charge in [0.15, 0.2) is 0 Å². The number of amides is 5. The molecule has 5 amide bonds. The summed E-state index contributed by atoms with van der Waals surface area (Å²) in [6.07, 6.45) is 8.87. The maximum atomic E-state index is 13.1. The summed E-state index contributed by atoms with van der Waals surface area (Å²) in [5.74, 6) is -1.51. The van der Waals surface area contributed by atoms with Crippen molar-refractivity contribution in [2.24, 2.45) is 21.5 Å². The number of hydroxylamine groups is 2. The van der Waals surface area contributed by atoms with Crippen LogP contribution in [0.1, 0.15) is 52.4 Å². The number of rotatable bonds is 46. The van der Waals surface area contributed by atoms with Gasteiger partial charge in [-0.05, 0) is 38.7 Å². The highest BCUT2D eigenvalue weighted by molar-refractivity contribution is 6.16. The van der Waals surface area contributed by atoms with Gasteiger partial charge in [-0.15, -0.1) is 0 Å². The molecule has 0 aromatic heterocycles. The van der Waals surface area contributed by atoms with E-state index in [-0.39, 0.29) is 50.2 Å². The summed E-state index contributed by atoms with van der Waals surface area (Å²) >= 11 is 0. The minimum absolute atomic E-state index is 0.0742. The summed E-state index contributed by atoms with van der Waals surface area (Å²) in [6, 6.07) is 0. The molecule has 24 heteroatoms. The molecular weight excluding hydrogens is 933 g/mol. The molecule has 0 unspecified atom stereocenters. The Labute approximate surface area is 418 Å². The summed E-state index contributed by atoms with van der Waals surface area (Å²) < 4.78 is 54.8. The van der Waals surface area contributed by atoms with E-state index in [1.807, 2.05) is 13.8 Å². The van der Waals surface area contributed by atoms with E-state index in [0.29, 0.717) is 169 Å². The van der Waals surface area contributed by atoms with Crippen molar-refractivity contribution < 1.29 is 76.2 Å². The molecule has 0 atom stereocenters. The molecule has 0 aromatic rings. The molecule has 2 heterocycles. The first-order valence-corrected chi connectivity index (χ1v) is 24.5. The minimum atomic E-state index is -0.499. The van der Waals surface area contributed by atoms with Crippen LogP contribution < -0.4 is 22.1 Å². The Morgan fingerprint density at radius 1 is 0.662 bits per heavy atom. The van der Waals surface area contributed by atoms with Gasteiger partial charge < -0.3 is 69.5 Å².